The Morgan fingerprint density at radius 1 is 1.75 bits per heavy atom. The van der Waals surface area contributed by atoms with Gasteiger partial charge in [-0.2, -0.15) is 5.26 Å². The summed E-state index contributed by atoms with van der Waals surface area (Å²) in [6, 6.07) is 0. The van der Waals surface area contributed by atoms with Gasteiger partial charge in [-0.1, -0.05) is 0 Å². The quantitative estimate of drug-likeness (QED) is 0.597. The van der Waals surface area contributed by atoms with Crippen molar-refractivity contribution in [2.75, 3.05) is 0 Å². The van der Waals surface area contributed by atoms with Gasteiger partial charge in [-0.25, -0.2) is 0 Å². The third kappa shape index (κ3) is 13.0. The number of hydrogen-bond donors (Lipinski definition) is 0. The standard InChI is InChI=1S/CBrN.Pb/c2-1-3;. The first kappa shape index (κ1) is 8.86. The maximum atomic E-state index is 7.24. The molecule has 0 aromatic rings. The summed E-state index contributed by atoms with van der Waals surface area (Å²) in [4.78, 5) is 1.56. The zero-order chi connectivity index (χ0) is 2.71. The Labute approximate surface area is 53.3 Å². The van der Waals surface area contributed by atoms with Crippen LogP contribution in [0.5, 0.6) is 0 Å². The molecule has 0 saturated heterocycles. The van der Waals surface area contributed by atoms with Crippen molar-refractivity contribution in [1.29, 1.82) is 5.26 Å². The topological polar surface area (TPSA) is 23.8 Å². The van der Waals surface area contributed by atoms with Crippen LogP contribution >= 0.6 is 15.9 Å². The van der Waals surface area contributed by atoms with E-state index in [-0.39, 0.29) is 27.3 Å². The molecule has 0 saturated carbocycles. The predicted molar refractivity (Wildman–Crippen MR) is 20.3 cm³/mol. The summed E-state index contributed by atoms with van der Waals surface area (Å²) in [5.74, 6) is 0. The van der Waals surface area contributed by atoms with E-state index in [1.54, 1.807) is 4.98 Å². The number of halogens is 1. The fraction of sp³-hybridized carbons (Fsp3) is 0. The molecule has 0 unspecified atom stereocenters. The van der Waals surface area contributed by atoms with Crippen LogP contribution in [-0.4, -0.2) is 27.3 Å². The van der Waals surface area contributed by atoms with E-state index < -0.39 is 0 Å². The fourth-order valence-electron chi connectivity index (χ4n) is 0. The van der Waals surface area contributed by atoms with Gasteiger partial charge in [0.2, 0.25) is 0 Å². The molecule has 4 radical (unpaired) electrons. The average molecular weight is 313 g/mol. The molecule has 0 N–H and O–H groups in total. The van der Waals surface area contributed by atoms with Gasteiger partial charge in [-0.15, -0.1) is 0 Å². The van der Waals surface area contributed by atoms with E-state index in [4.69, 9.17) is 5.26 Å². The molecule has 0 heterocycles. The first-order valence-electron chi connectivity index (χ1n) is 0.413. The van der Waals surface area contributed by atoms with E-state index in [1.165, 1.54) is 0 Å². The maximum absolute atomic E-state index is 7.24. The van der Waals surface area contributed by atoms with Crippen LogP contribution in [-0.2, 0) is 0 Å². The fourth-order valence-corrected chi connectivity index (χ4v) is 0. The number of nitrogens with zero attached hydrogens (tertiary/aromatic N) is 1. The summed E-state index contributed by atoms with van der Waals surface area (Å²) in [6.45, 7) is 0. The Morgan fingerprint density at radius 3 is 1.75 bits per heavy atom. The van der Waals surface area contributed by atoms with Crippen LogP contribution in [0.4, 0.5) is 0 Å². The second-order valence-corrected chi connectivity index (χ2v) is 0.439. The summed E-state index contributed by atoms with van der Waals surface area (Å²) in [5, 5.41) is 7.24. The van der Waals surface area contributed by atoms with Crippen molar-refractivity contribution in [3.05, 3.63) is 0 Å². The van der Waals surface area contributed by atoms with Crippen LogP contribution in [0.2, 0.25) is 0 Å². The molecule has 1 nitrogen and oxygen atoms in total. The van der Waals surface area contributed by atoms with Crippen LogP contribution in [0, 0.1) is 10.2 Å². The maximum Gasteiger partial charge on any atom is 0.142 e. The van der Waals surface area contributed by atoms with E-state index in [0.717, 1.165) is 0 Å². The minimum atomic E-state index is 0. The largest absolute Gasteiger partial charge is 0.185 e. The number of nitriles is 1. The van der Waals surface area contributed by atoms with Gasteiger partial charge in [-0.3, -0.25) is 0 Å². The third-order valence-corrected chi connectivity index (χ3v) is 0. The third-order valence-electron chi connectivity index (χ3n) is 0. The van der Waals surface area contributed by atoms with E-state index in [2.05, 4.69) is 15.9 Å². The minimum absolute atomic E-state index is 0. The predicted octanol–water partition coefficient (Wildman–Crippen LogP) is 0.482. The molecule has 3 heteroatoms. The van der Waals surface area contributed by atoms with Crippen LogP contribution in [0.25, 0.3) is 0 Å². The van der Waals surface area contributed by atoms with Crippen molar-refractivity contribution in [3.8, 4) is 4.98 Å². The van der Waals surface area contributed by atoms with Gasteiger partial charge < -0.3 is 0 Å². The zero-order valence-corrected chi connectivity index (χ0v) is 7.30. The monoisotopic (exact) mass is 313 g/mol. The van der Waals surface area contributed by atoms with Crippen molar-refractivity contribution in [1.82, 2.24) is 0 Å². The molecule has 0 aliphatic heterocycles. The van der Waals surface area contributed by atoms with Crippen molar-refractivity contribution >= 4 is 43.2 Å². The van der Waals surface area contributed by atoms with E-state index in [0.29, 0.717) is 0 Å². The smallest absolute Gasteiger partial charge is 0.142 e. The SMILES string of the molecule is N#CBr.[Pb]. The normalized spacial score (nSPS) is 2.00. The van der Waals surface area contributed by atoms with Gasteiger partial charge in [0.1, 0.15) is 4.98 Å². The van der Waals surface area contributed by atoms with Gasteiger partial charge in [0, 0.05) is 43.2 Å². The molecule has 0 aliphatic rings. The molecule has 4 heavy (non-hydrogen) atoms. The van der Waals surface area contributed by atoms with Crippen LogP contribution < -0.4 is 0 Å². The molecule has 0 aromatic heterocycles. The minimum Gasteiger partial charge on any atom is -0.185 e. The molecule has 0 spiro atoms. The first-order chi connectivity index (χ1) is 1.41. The van der Waals surface area contributed by atoms with Crippen molar-refractivity contribution in [2.24, 2.45) is 0 Å². The summed E-state index contributed by atoms with van der Waals surface area (Å²) < 4.78 is 0. The molecular weight excluding hydrogens is 313 g/mol. The molecule has 0 amide bonds. The average Bonchev–Trinajstić information content (AvgIpc) is 0.918. The molecular formula is CBrNPb. The molecule has 0 atom stereocenters. The molecule has 0 rings (SSSR count). The van der Waals surface area contributed by atoms with Gasteiger partial charge in [0.15, 0.2) is 0 Å². The zero-order valence-electron chi connectivity index (χ0n) is 1.83. The van der Waals surface area contributed by atoms with Crippen molar-refractivity contribution in [2.45, 2.75) is 0 Å². The Hall–Kier alpha value is 0.892. The van der Waals surface area contributed by atoms with Crippen LogP contribution in [0.3, 0.4) is 0 Å². The molecule has 0 aromatic carbocycles. The molecule has 0 fully saturated rings. The summed E-state index contributed by atoms with van der Waals surface area (Å²) in [7, 11) is 0. The summed E-state index contributed by atoms with van der Waals surface area (Å²) >= 11 is 2.45. The van der Waals surface area contributed by atoms with Crippen molar-refractivity contribution in [3.63, 3.8) is 0 Å². The second-order valence-electron chi connectivity index (χ2n) is 0.0845. The van der Waals surface area contributed by atoms with Crippen LogP contribution in [0.1, 0.15) is 0 Å². The van der Waals surface area contributed by atoms with Crippen LogP contribution in [0.15, 0.2) is 0 Å². The Kier molecular flexibility index (Phi) is 20.1. The molecule has 20 valence electrons. The van der Waals surface area contributed by atoms with Gasteiger partial charge in [-0.05, 0) is 0 Å². The first-order valence-corrected chi connectivity index (χ1v) is 1.21. The Bertz CT molecular complexity index is 29.5. The van der Waals surface area contributed by atoms with E-state index >= 15 is 0 Å². The number of rotatable bonds is 0. The van der Waals surface area contributed by atoms with Gasteiger partial charge >= 0.3 is 0 Å². The van der Waals surface area contributed by atoms with E-state index in [9.17, 15) is 0 Å². The summed E-state index contributed by atoms with van der Waals surface area (Å²) in [6.07, 6.45) is 0. The second kappa shape index (κ2) is 9.09. The number of hydrogen-bond acceptors (Lipinski definition) is 1. The van der Waals surface area contributed by atoms with Crippen molar-refractivity contribution < 1.29 is 0 Å². The Balaban J connectivity index is 0. The summed E-state index contributed by atoms with van der Waals surface area (Å²) in [5.41, 5.74) is 0. The molecule has 0 bridgehead atoms. The van der Waals surface area contributed by atoms with E-state index in [1.807, 2.05) is 0 Å². The van der Waals surface area contributed by atoms with Gasteiger partial charge in [0.25, 0.3) is 0 Å². The molecule has 0 aliphatic carbocycles. The van der Waals surface area contributed by atoms with Gasteiger partial charge in [0.05, 0.1) is 0 Å². The Morgan fingerprint density at radius 2 is 1.75 bits per heavy atom.